The van der Waals surface area contributed by atoms with Gasteiger partial charge in [-0.05, 0) is 62.5 Å². The molecule has 0 aliphatic carbocycles. The van der Waals surface area contributed by atoms with Gasteiger partial charge >= 0.3 is 5.97 Å². The smallest absolute Gasteiger partial charge is 0.304 e. The van der Waals surface area contributed by atoms with E-state index in [1.807, 2.05) is 30.3 Å². The van der Waals surface area contributed by atoms with Gasteiger partial charge in [-0.1, -0.05) is 87.4 Å². The normalized spacial score (nSPS) is 18.8. The number of guanidine groups is 1. The van der Waals surface area contributed by atoms with Crippen molar-refractivity contribution in [1.82, 2.24) is 42.5 Å². The fourth-order valence-corrected chi connectivity index (χ4v) is 14.8. The van der Waals surface area contributed by atoms with Gasteiger partial charge in [0.1, 0.15) is 32.5 Å². The van der Waals surface area contributed by atoms with Gasteiger partial charge in [-0.15, -0.1) is 11.8 Å². The minimum atomic E-state index is -1.55. The Morgan fingerprint density at radius 1 is 0.488 bits per heavy atom. The summed E-state index contributed by atoms with van der Waals surface area (Å²) in [6.45, 7) is 2.32. The molecule has 2 aromatic rings. The summed E-state index contributed by atoms with van der Waals surface area (Å²) in [7, 11) is 1.97. The molecule has 2 saturated heterocycles. The van der Waals surface area contributed by atoms with Crippen molar-refractivity contribution >= 4 is 134 Å². The summed E-state index contributed by atoms with van der Waals surface area (Å²) in [6.07, 6.45) is 0.0637. The van der Waals surface area contributed by atoms with Crippen molar-refractivity contribution in [3.8, 4) is 0 Å². The predicted octanol–water partition coefficient (Wildman–Crippen LogP) is -1.40. The third kappa shape index (κ3) is 53.6. The van der Waals surface area contributed by atoms with Crippen molar-refractivity contribution in [1.29, 1.82) is 0 Å². The Hall–Kier alpha value is -9.12. The minimum absolute atomic E-state index is 0.00559. The maximum atomic E-state index is 14.9. The number of aliphatic imine (C=N–C) groups is 1. The van der Waals surface area contributed by atoms with Crippen LogP contribution in [0, 0.1) is 17.8 Å². The number of rotatable bonds is 58. The molecule has 7 atom stereocenters. The zero-order valence-corrected chi connectivity index (χ0v) is 71.9. The van der Waals surface area contributed by atoms with E-state index in [2.05, 4.69) is 52.7 Å². The molecule has 0 spiro atoms. The van der Waals surface area contributed by atoms with Crippen molar-refractivity contribution in [2.24, 2.45) is 45.1 Å². The number of carboxylic acid groups (broad SMARTS) is 1. The van der Waals surface area contributed by atoms with Crippen LogP contribution < -0.4 is 59.7 Å². The number of thioether (sulfide) groups is 1. The van der Waals surface area contributed by atoms with Gasteiger partial charge in [0.2, 0.25) is 47.3 Å². The molecule has 43 heteroatoms. The lowest BCUT2D eigenvalue weighted by Crippen LogP contribution is -2.53. The summed E-state index contributed by atoms with van der Waals surface area (Å²) >= 11 is 0.947. The van der Waals surface area contributed by atoms with Gasteiger partial charge in [0.05, 0.1) is 141 Å². The number of ketones is 5. The molecule has 2 aliphatic rings. The van der Waals surface area contributed by atoms with E-state index in [-0.39, 0.29) is 197 Å². The van der Waals surface area contributed by atoms with E-state index in [1.54, 1.807) is 30.3 Å². The first kappa shape index (κ1) is 106. The number of primary amides is 1. The van der Waals surface area contributed by atoms with E-state index in [0.717, 1.165) is 38.9 Å². The van der Waals surface area contributed by atoms with Crippen LogP contribution in [0.5, 0.6) is 0 Å². The summed E-state index contributed by atoms with van der Waals surface area (Å²) in [4.78, 5) is 211. The Balaban J connectivity index is 1.36. The molecule has 40 nitrogen and oxygen atoms in total. The molecule has 2 heterocycles. The first-order valence-corrected chi connectivity index (χ1v) is 44.4. The van der Waals surface area contributed by atoms with Crippen LogP contribution in [-0.2, 0) is 131 Å². The highest BCUT2D eigenvalue weighted by molar-refractivity contribution is 8.76. The topological polar surface area (TPSA) is 577 Å². The lowest BCUT2D eigenvalue weighted by molar-refractivity contribution is -0.142. The van der Waals surface area contributed by atoms with Crippen molar-refractivity contribution in [2.45, 2.75) is 114 Å². The minimum Gasteiger partial charge on any atom is -0.481 e. The largest absolute Gasteiger partial charge is 0.481 e. The number of oxime groups is 1. The number of nitrogens with zero attached hydrogens (tertiary/aromatic N) is 2. The molecule has 0 radical (unpaired) electrons. The molecule has 686 valence electrons. The molecule has 0 unspecified atom stereocenters. The van der Waals surface area contributed by atoms with E-state index >= 15 is 0 Å². The number of benzene rings is 2. The molecule has 15 N–H and O–H groups in total. The van der Waals surface area contributed by atoms with E-state index in [9.17, 15) is 77.0 Å². The maximum Gasteiger partial charge on any atom is 0.304 e. The SMILES string of the molecule is NC(=O)COCC(=O)CCCOCCOCCOCCCC(=O)[C@@H]1CSCC(=O)N[C@@H](CCCCNC(=O)COCC(=O)NCCOCCOCCOCCOCCOCCNC(=O)CO/N=C/c2ccccc2)C(=O)N[C@H]2CSSC[C@H](NC(=O)[C@H](CC(=O)O)CC(=O)CNC(=O)[C@H](CCCN=C(N)N)CC2=O)C(=O)C[C@@H](Cc2ccccc2)C(=O)N1. The van der Waals surface area contributed by atoms with Crippen LogP contribution in [0.3, 0.4) is 0 Å². The molecule has 2 aromatic carbocycles. The molecule has 0 saturated carbocycles. The molecule has 4 rings (SSSR count). The molecule has 2 bridgehead atoms. The quantitative estimate of drug-likeness (QED) is 0.0119. The number of carbonyl (C=O) groups excluding carboxylic acids is 14. The van der Waals surface area contributed by atoms with Crippen LogP contribution >= 0.6 is 33.3 Å². The van der Waals surface area contributed by atoms with Crippen LogP contribution in [0.25, 0.3) is 0 Å². The molecular formula is C80H121N13O27S3. The van der Waals surface area contributed by atoms with Crippen LogP contribution in [0.15, 0.2) is 70.8 Å². The average Bonchev–Trinajstić information content (AvgIpc) is 1.44. The van der Waals surface area contributed by atoms with Crippen molar-refractivity contribution in [2.75, 3.05) is 194 Å². The highest BCUT2D eigenvalue weighted by Gasteiger charge is 2.36. The number of hydrogen-bond acceptors (Lipinski definition) is 31. The maximum absolute atomic E-state index is 14.9. The van der Waals surface area contributed by atoms with E-state index in [1.165, 1.54) is 6.21 Å². The second-order valence-corrected chi connectivity index (χ2v) is 31.6. The number of fused-ring (bicyclic) bond motifs is 5. The van der Waals surface area contributed by atoms with Gasteiger partial charge in [0.25, 0.3) is 5.91 Å². The third-order valence-corrected chi connectivity index (χ3v) is 21.3. The zero-order chi connectivity index (χ0) is 89.3. The number of carboxylic acids is 1. The number of ether oxygens (including phenoxy) is 10. The highest BCUT2D eigenvalue weighted by atomic mass is 33.1. The summed E-state index contributed by atoms with van der Waals surface area (Å²) in [6, 6.07) is 12.5. The Morgan fingerprint density at radius 2 is 1.00 bits per heavy atom. The van der Waals surface area contributed by atoms with Crippen LogP contribution in [0.2, 0.25) is 0 Å². The monoisotopic (exact) mass is 1790 g/mol. The first-order chi connectivity index (χ1) is 59.4. The summed E-state index contributed by atoms with van der Waals surface area (Å²) in [5, 5.41) is 35.2. The van der Waals surface area contributed by atoms with Gasteiger partial charge in [-0.2, -0.15) is 0 Å². The number of carbonyl (C=O) groups is 15. The van der Waals surface area contributed by atoms with Gasteiger partial charge in [0.15, 0.2) is 41.5 Å². The molecular weight excluding hydrogens is 1670 g/mol. The van der Waals surface area contributed by atoms with Crippen LogP contribution in [-0.4, -0.2) is 324 Å². The third-order valence-electron chi connectivity index (χ3n) is 17.8. The lowest BCUT2D eigenvalue weighted by Gasteiger charge is -2.26. The Bertz CT molecular complexity index is 3600. The Morgan fingerprint density at radius 3 is 1.57 bits per heavy atom. The number of hydrogen-bond donors (Lipinski definition) is 12. The van der Waals surface area contributed by atoms with Gasteiger partial charge in [-0.3, -0.25) is 76.9 Å². The van der Waals surface area contributed by atoms with Crippen LogP contribution in [0.1, 0.15) is 94.6 Å². The van der Waals surface area contributed by atoms with Crippen molar-refractivity contribution < 1.29 is 129 Å². The van der Waals surface area contributed by atoms with Gasteiger partial charge in [-0.25, -0.2) is 0 Å². The molecule has 2 aliphatic heterocycles. The summed E-state index contributed by atoms with van der Waals surface area (Å²) in [5.74, 6) is -15.5. The number of unbranched alkanes of at least 4 members (excludes halogenated alkanes) is 1. The number of Topliss-reactive ketones (excluding diaryl/α,β-unsaturated/α-hetero) is 5. The lowest BCUT2D eigenvalue weighted by atomic mass is 9.90. The van der Waals surface area contributed by atoms with E-state index < -0.39 is 164 Å². The molecule has 2 fully saturated rings. The van der Waals surface area contributed by atoms with Crippen LogP contribution in [0.4, 0.5) is 0 Å². The number of nitrogens with two attached hydrogens (primary N) is 3. The Kier molecular flexibility index (Phi) is 58.1. The van der Waals surface area contributed by atoms with Crippen molar-refractivity contribution in [3.05, 3.63) is 71.8 Å². The number of aliphatic carboxylic acids is 1. The fourth-order valence-electron chi connectivity index (χ4n) is 11.6. The standard InChI is InChI=1S/C80H121N13O27S3/c81-70(99)48-118-47-61(94)17-10-24-110-28-32-114-33-29-111-25-11-19-67(96)64-52-121-55-74(103)90-63(18-7-8-20-84-71(100)49-119-50-72(101)85-22-26-112-30-34-115-36-38-117-39-37-116-35-31-113-27-23-86-73(102)51-120-89-45-57-14-5-2-6-15-57)79(109)93-66-54-123-122-53-65(69(98)43-59(77(107)91-64)40-56-12-3-1-4-13-56)92-78(108)60(44-75(104)105)41-62(95)46-88-76(106)58(42-68(66)97)16-9-21-87-80(82)83/h1-6,12-15,45,58-60,63-66H,7-11,16-44,46-55H2,(H2,81,99)(H,84,100)(H,85,101)(H,86,102)(H,88,106)(H,90,103)(H,91,107)(H,92,108)(H,93,109)(H,104,105)(H4,82,83,87)/b89-45+/t58-,59-,60+,63+,64+,65+,66+/m1/s1. The fraction of sp³-hybridized carbons (Fsp3) is 0.637. The van der Waals surface area contributed by atoms with E-state index in [4.69, 9.17) is 69.4 Å². The first-order valence-electron chi connectivity index (χ1n) is 40.7. The second kappa shape index (κ2) is 67.3. The molecule has 9 amide bonds. The average molecular weight is 1790 g/mol. The number of amides is 9. The van der Waals surface area contributed by atoms with Gasteiger partial charge < -0.3 is 117 Å². The summed E-state index contributed by atoms with van der Waals surface area (Å²) < 4.78 is 54.5. The zero-order valence-electron chi connectivity index (χ0n) is 69.4. The molecule has 0 aromatic heterocycles. The number of nitrogens with one attached hydrogen (secondary N) is 8. The predicted molar refractivity (Wildman–Crippen MR) is 453 cm³/mol. The van der Waals surface area contributed by atoms with Crippen molar-refractivity contribution in [3.63, 3.8) is 0 Å². The summed E-state index contributed by atoms with van der Waals surface area (Å²) in [5.41, 5.74) is 17.6. The second-order valence-electron chi connectivity index (χ2n) is 28.0. The van der Waals surface area contributed by atoms with E-state index in [0.29, 0.717) is 64.8 Å². The Labute approximate surface area is 727 Å². The highest BCUT2D eigenvalue weighted by Crippen LogP contribution is 2.27. The molecule has 123 heavy (non-hydrogen) atoms. The van der Waals surface area contributed by atoms with Gasteiger partial charge in [0, 0.05) is 101 Å².